The lowest BCUT2D eigenvalue weighted by Gasteiger charge is -2.10. The highest BCUT2D eigenvalue weighted by molar-refractivity contribution is 5.50. The van der Waals surface area contributed by atoms with Gasteiger partial charge in [0.15, 0.2) is 0 Å². The third-order valence-corrected chi connectivity index (χ3v) is 2.84. The number of halogens is 2. The summed E-state index contributed by atoms with van der Waals surface area (Å²) < 4.78 is 32.4. The Morgan fingerprint density at radius 3 is 2.75 bits per heavy atom. The zero-order valence-corrected chi connectivity index (χ0v) is 10.8. The Morgan fingerprint density at radius 2 is 2.05 bits per heavy atom. The molecule has 0 aliphatic carbocycles. The zero-order valence-electron chi connectivity index (χ0n) is 10.8. The third kappa shape index (κ3) is 2.86. The number of nitrogens with one attached hydrogen (secondary N) is 1. The van der Waals surface area contributed by atoms with Crippen molar-refractivity contribution in [1.29, 1.82) is 5.26 Å². The van der Waals surface area contributed by atoms with Crippen molar-refractivity contribution in [3.63, 3.8) is 0 Å². The van der Waals surface area contributed by atoms with Crippen LogP contribution >= 0.6 is 0 Å². The number of hydrogen-bond acceptors (Lipinski definition) is 3. The van der Waals surface area contributed by atoms with Crippen LogP contribution in [0.3, 0.4) is 0 Å². The molecule has 0 saturated heterocycles. The number of ether oxygens (including phenoxy) is 1. The summed E-state index contributed by atoms with van der Waals surface area (Å²) in [4.78, 5) is 0. The predicted molar refractivity (Wildman–Crippen MR) is 71.4 cm³/mol. The number of hydrogen-bond donors (Lipinski definition) is 1. The molecule has 5 heteroatoms. The first kappa shape index (κ1) is 13.8. The average molecular weight is 274 g/mol. The van der Waals surface area contributed by atoms with Crippen molar-refractivity contribution in [2.45, 2.75) is 6.54 Å². The second-order valence-corrected chi connectivity index (χ2v) is 4.09. The van der Waals surface area contributed by atoms with Gasteiger partial charge < -0.3 is 10.1 Å². The van der Waals surface area contributed by atoms with E-state index in [0.717, 1.165) is 0 Å². The predicted octanol–water partition coefficient (Wildman–Crippen LogP) is 3.46. The molecule has 0 amide bonds. The molecule has 0 unspecified atom stereocenters. The number of rotatable bonds is 4. The van der Waals surface area contributed by atoms with Crippen molar-refractivity contribution >= 4 is 5.69 Å². The highest BCUT2D eigenvalue weighted by Gasteiger charge is 2.09. The van der Waals surface area contributed by atoms with E-state index >= 15 is 0 Å². The van der Waals surface area contributed by atoms with Crippen molar-refractivity contribution in [2.24, 2.45) is 0 Å². The van der Waals surface area contributed by atoms with Crippen molar-refractivity contribution in [1.82, 2.24) is 0 Å². The Hall–Kier alpha value is -2.61. The molecule has 1 N–H and O–H groups in total. The van der Waals surface area contributed by atoms with Crippen LogP contribution in [0.2, 0.25) is 0 Å². The van der Waals surface area contributed by atoms with Crippen LogP contribution in [0.25, 0.3) is 0 Å². The summed E-state index contributed by atoms with van der Waals surface area (Å²) in [6.07, 6.45) is 0. The second-order valence-electron chi connectivity index (χ2n) is 4.09. The second kappa shape index (κ2) is 6.02. The van der Waals surface area contributed by atoms with Crippen LogP contribution in [-0.4, -0.2) is 7.11 Å². The highest BCUT2D eigenvalue weighted by atomic mass is 19.1. The van der Waals surface area contributed by atoms with Crippen molar-refractivity contribution in [2.75, 3.05) is 12.4 Å². The summed E-state index contributed by atoms with van der Waals surface area (Å²) in [5.74, 6) is -0.548. The van der Waals surface area contributed by atoms with E-state index in [1.165, 1.54) is 31.4 Å². The van der Waals surface area contributed by atoms with E-state index in [-0.39, 0.29) is 17.8 Å². The van der Waals surface area contributed by atoms with Gasteiger partial charge in [-0.25, -0.2) is 8.78 Å². The third-order valence-electron chi connectivity index (χ3n) is 2.84. The Balaban J connectivity index is 2.19. The fourth-order valence-electron chi connectivity index (χ4n) is 1.76. The Labute approximate surface area is 115 Å². The SMILES string of the molecule is COc1ccc(F)c(NCc2cccc(C#N)c2F)c1. The Morgan fingerprint density at radius 1 is 1.25 bits per heavy atom. The molecule has 0 aromatic heterocycles. The van der Waals surface area contributed by atoms with E-state index in [0.29, 0.717) is 11.3 Å². The van der Waals surface area contributed by atoms with Gasteiger partial charge in [-0.1, -0.05) is 12.1 Å². The molecule has 3 nitrogen and oxygen atoms in total. The lowest BCUT2D eigenvalue weighted by molar-refractivity contribution is 0.414. The maximum atomic E-state index is 13.8. The van der Waals surface area contributed by atoms with Crippen molar-refractivity contribution in [3.05, 3.63) is 59.2 Å². The molecule has 20 heavy (non-hydrogen) atoms. The zero-order chi connectivity index (χ0) is 14.5. The number of methoxy groups -OCH3 is 1. The largest absolute Gasteiger partial charge is 0.497 e. The van der Waals surface area contributed by atoms with E-state index in [9.17, 15) is 8.78 Å². The molecule has 0 aliphatic heterocycles. The van der Waals surface area contributed by atoms with Crippen LogP contribution < -0.4 is 10.1 Å². The molecule has 102 valence electrons. The Kier molecular flexibility index (Phi) is 4.16. The molecular formula is C15H12F2N2O. The van der Waals surface area contributed by atoms with Gasteiger partial charge in [0.05, 0.1) is 18.4 Å². The van der Waals surface area contributed by atoms with Gasteiger partial charge in [-0.05, 0) is 18.2 Å². The molecule has 2 rings (SSSR count). The molecule has 2 aromatic carbocycles. The molecular weight excluding hydrogens is 262 g/mol. The molecule has 2 aromatic rings. The lowest BCUT2D eigenvalue weighted by atomic mass is 10.1. The fourth-order valence-corrected chi connectivity index (χ4v) is 1.76. The van der Waals surface area contributed by atoms with Gasteiger partial charge >= 0.3 is 0 Å². The van der Waals surface area contributed by atoms with Crippen LogP contribution in [0.1, 0.15) is 11.1 Å². The van der Waals surface area contributed by atoms with Crippen molar-refractivity contribution in [3.8, 4) is 11.8 Å². The smallest absolute Gasteiger partial charge is 0.146 e. The quantitative estimate of drug-likeness (QED) is 0.928. The van der Waals surface area contributed by atoms with Gasteiger partial charge in [0.25, 0.3) is 0 Å². The number of nitriles is 1. The van der Waals surface area contributed by atoms with Gasteiger partial charge in [-0.3, -0.25) is 0 Å². The minimum atomic E-state index is -0.592. The average Bonchev–Trinajstić information content (AvgIpc) is 2.47. The molecule has 0 aliphatic rings. The molecule has 0 spiro atoms. The fraction of sp³-hybridized carbons (Fsp3) is 0.133. The first-order valence-corrected chi connectivity index (χ1v) is 5.90. The maximum absolute atomic E-state index is 13.8. The number of nitrogens with zero attached hydrogens (tertiary/aromatic N) is 1. The van der Waals surface area contributed by atoms with Crippen LogP contribution in [-0.2, 0) is 6.54 Å². The molecule has 0 bridgehead atoms. The normalized spacial score (nSPS) is 9.90. The molecule has 0 saturated carbocycles. The van der Waals surface area contributed by atoms with Crippen LogP contribution in [0.15, 0.2) is 36.4 Å². The summed E-state index contributed by atoms with van der Waals surface area (Å²) in [6, 6.07) is 10.5. The number of anilines is 1. The van der Waals surface area contributed by atoms with Gasteiger partial charge in [0.2, 0.25) is 0 Å². The lowest BCUT2D eigenvalue weighted by Crippen LogP contribution is -2.04. The summed E-state index contributed by atoms with van der Waals surface area (Å²) >= 11 is 0. The van der Waals surface area contributed by atoms with E-state index in [1.807, 2.05) is 0 Å². The summed E-state index contributed by atoms with van der Waals surface area (Å²) in [7, 11) is 1.48. The van der Waals surface area contributed by atoms with E-state index < -0.39 is 11.6 Å². The topological polar surface area (TPSA) is 45.0 Å². The molecule has 0 radical (unpaired) electrons. The minimum absolute atomic E-state index is 0.0320. The van der Waals surface area contributed by atoms with Crippen LogP contribution in [0.4, 0.5) is 14.5 Å². The highest BCUT2D eigenvalue weighted by Crippen LogP contribution is 2.22. The number of benzene rings is 2. The van der Waals surface area contributed by atoms with Gasteiger partial charge in [0.1, 0.15) is 23.5 Å². The minimum Gasteiger partial charge on any atom is -0.497 e. The van der Waals surface area contributed by atoms with Gasteiger partial charge in [0, 0.05) is 18.2 Å². The molecule has 0 atom stereocenters. The van der Waals surface area contributed by atoms with Crippen molar-refractivity contribution < 1.29 is 13.5 Å². The first-order valence-electron chi connectivity index (χ1n) is 5.90. The monoisotopic (exact) mass is 274 g/mol. The summed E-state index contributed by atoms with van der Waals surface area (Å²) in [5.41, 5.74) is 0.479. The Bertz CT molecular complexity index is 665. The van der Waals surface area contributed by atoms with Gasteiger partial charge in [-0.15, -0.1) is 0 Å². The van der Waals surface area contributed by atoms with E-state index in [1.54, 1.807) is 18.2 Å². The van der Waals surface area contributed by atoms with Crippen LogP contribution in [0, 0.1) is 23.0 Å². The summed E-state index contributed by atoms with van der Waals surface area (Å²) in [6.45, 7) is 0.0748. The standard InChI is InChI=1S/C15H12F2N2O/c1-20-12-5-6-13(16)14(7-12)19-9-11-4-2-3-10(8-18)15(11)17/h2-7,19H,9H2,1H3. The van der Waals surface area contributed by atoms with E-state index in [2.05, 4.69) is 5.32 Å². The van der Waals surface area contributed by atoms with E-state index in [4.69, 9.17) is 10.00 Å². The molecule has 0 heterocycles. The maximum Gasteiger partial charge on any atom is 0.146 e. The first-order chi connectivity index (χ1) is 9.65. The van der Waals surface area contributed by atoms with Crippen LogP contribution in [0.5, 0.6) is 5.75 Å². The van der Waals surface area contributed by atoms with Gasteiger partial charge in [-0.2, -0.15) is 5.26 Å². The summed E-state index contributed by atoms with van der Waals surface area (Å²) in [5, 5.41) is 11.5. The molecule has 0 fully saturated rings.